The van der Waals surface area contributed by atoms with Crippen molar-refractivity contribution in [3.63, 3.8) is 0 Å². The Morgan fingerprint density at radius 1 is 1.15 bits per heavy atom. The van der Waals surface area contributed by atoms with Gasteiger partial charge in [0.2, 0.25) is 11.8 Å². The topological polar surface area (TPSA) is 85.8 Å². The monoisotopic (exact) mass is 353 g/mol. The van der Waals surface area contributed by atoms with E-state index >= 15 is 0 Å². The van der Waals surface area contributed by atoms with Gasteiger partial charge < -0.3 is 4.42 Å². The minimum atomic E-state index is 0.0300. The Morgan fingerprint density at radius 2 is 2.00 bits per heavy atom. The third-order valence-corrected chi connectivity index (χ3v) is 4.85. The first kappa shape index (κ1) is 16.8. The lowest BCUT2D eigenvalue weighted by atomic mass is 9.94. The smallest absolute Gasteiger partial charge is 0.233 e. The molecule has 0 saturated carbocycles. The molecule has 8 nitrogen and oxygen atoms in total. The van der Waals surface area contributed by atoms with E-state index < -0.39 is 0 Å². The number of fused-ring (bicyclic) bond motifs is 1. The number of unbranched alkanes of at least 4 members (excludes halogenated alkanes) is 1. The first-order valence-electron chi connectivity index (χ1n) is 9.10. The van der Waals surface area contributed by atoms with Crippen LogP contribution in [0.25, 0.3) is 0 Å². The minimum Gasteiger partial charge on any atom is -0.424 e. The third kappa shape index (κ3) is 3.37. The highest BCUT2D eigenvalue weighted by Crippen LogP contribution is 2.33. The lowest BCUT2D eigenvalue weighted by molar-refractivity contribution is 0.131. The van der Waals surface area contributed by atoms with Crippen molar-refractivity contribution in [1.82, 2.24) is 35.3 Å². The zero-order valence-electron chi connectivity index (χ0n) is 15.2. The summed E-state index contributed by atoms with van der Waals surface area (Å²) in [5.74, 6) is 2.12. The van der Waals surface area contributed by atoms with Gasteiger partial charge in [-0.05, 0) is 34.4 Å². The highest BCUT2D eigenvalue weighted by atomic mass is 16.4. The standard InChI is InChI=1S/C18H23N7O/c1-3-4-9-25-17(20-22-23-25)12-24-11-15-8-6-5-7-14(15)10-16(24)18-21-19-13(2)26-18/h5-8,16H,3-4,9-12H2,1-2H3. The molecule has 0 radical (unpaired) electrons. The van der Waals surface area contributed by atoms with Crippen LogP contribution in [0.5, 0.6) is 0 Å². The molecule has 0 aliphatic carbocycles. The first-order valence-corrected chi connectivity index (χ1v) is 9.10. The molecule has 0 N–H and O–H groups in total. The zero-order chi connectivity index (χ0) is 17.9. The number of hydrogen-bond donors (Lipinski definition) is 0. The van der Waals surface area contributed by atoms with E-state index in [-0.39, 0.29) is 6.04 Å². The molecule has 2 aromatic heterocycles. The van der Waals surface area contributed by atoms with Crippen LogP contribution in [0.3, 0.4) is 0 Å². The Morgan fingerprint density at radius 3 is 2.77 bits per heavy atom. The Hall–Kier alpha value is -2.61. The highest BCUT2D eigenvalue weighted by Gasteiger charge is 2.32. The molecule has 1 atom stereocenters. The van der Waals surface area contributed by atoms with Crippen LogP contribution < -0.4 is 0 Å². The van der Waals surface area contributed by atoms with Crippen molar-refractivity contribution in [2.45, 2.75) is 58.8 Å². The number of tetrazole rings is 1. The summed E-state index contributed by atoms with van der Waals surface area (Å²) in [6.07, 6.45) is 3.02. The largest absolute Gasteiger partial charge is 0.424 e. The van der Waals surface area contributed by atoms with Crippen LogP contribution in [0, 0.1) is 6.92 Å². The van der Waals surface area contributed by atoms with Gasteiger partial charge in [0.15, 0.2) is 5.82 Å². The molecule has 0 saturated heterocycles. The fourth-order valence-corrected chi connectivity index (χ4v) is 3.43. The lowest BCUT2D eigenvalue weighted by Gasteiger charge is -2.34. The van der Waals surface area contributed by atoms with Crippen molar-refractivity contribution in [2.24, 2.45) is 0 Å². The fraction of sp³-hybridized carbons (Fsp3) is 0.500. The maximum Gasteiger partial charge on any atom is 0.233 e. The number of hydrogen-bond acceptors (Lipinski definition) is 7. The SMILES string of the molecule is CCCCn1nnnc1CN1Cc2ccccc2CC1c1nnc(C)o1. The van der Waals surface area contributed by atoms with Crippen LogP contribution in [-0.4, -0.2) is 35.3 Å². The average molecular weight is 353 g/mol. The number of nitrogens with zero attached hydrogens (tertiary/aromatic N) is 7. The van der Waals surface area contributed by atoms with Crippen molar-refractivity contribution < 1.29 is 4.42 Å². The van der Waals surface area contributed by atoms with Crippen LogP contribution in [0.1, 0.15) is 54.5 Å². The summed E-state index contributed by atoms with van der Waals surface area (Å²) < 4.78 is 7.66. The normalized spacial score (nSPS) is 17.4. The second kappa shape index (κ2) is 7.33. The van der Waals surface area contributed by atoms with E-state index in [9.17, 15) is 0 Å². The number of aryl methyl sites for hydroxylation is 2. The van der Waals surface area contributed by atoms with Gasteiger partial charge in [-0.1, -0.05) is 37.6 Å². The molecule has 4 rings (SSSR count). The molecule has 3 heterocycles. The van der Waals surface area contributed by atoms with Crippen molar-refractivity contribution in [3.05, 3.63) is 53.0 Å². The number of rotatable bonds is 6. The number of benzene rings is 1. The van der Waals surface area contributed by atoms with Gasteiger partial charge in [0, 0.05) is 20.0 Å². The van der Waals surface area contributed by atoms with Crippen LogP contribution in [0.2, 0.25) is 0 Å². The van der Waals surface area contributed by atoms with Gasteiger partial charge >= 0.3 is 0 Å². The molecule has 0 bridgehead atoms. The van der Waals surface area contributed by atoms with Gasteiger partial charge in [0.25, 0.3) is 0 Å². The maximum absolute atomic E-state index is 5.76. The third-order valence-electron chi connectivity index (χ3n) is 4.85. The molecule has 0 fully saturated rings. The molecule has 1 aliphatic rings. The van der Waals surface area contributed by atoms with Crippen molar-refractivity contribution >= 4 is 0 Å². The molecule has 8 heteroatoms. The zero-order valence-corrected chi connectivity index (χ0v) is 15.2. The fourth-order valence-electron chi connectivity index (χ4n) is 3.43. The summed E-state index contributed by atoms with van der Waals surface area (Å²) in [5, 5.41) is 20.6. The molecule has 0 amide bonds. The quantitative estimate of drug-likeness (QED) is 0.673. The Kier molecular flexibility index (Phi) is 4.75. The van der Waals surface area contributed by atoms with Crippen LogP contribution in [0.15, 0.2) is 28.7 Å². The van der Waals surface area contributed by atoms with Crippen LogP contribution in [0.4, 0.5) is 0 Å². The van der Waals surface area contributed by atoms with Crippen LogP contribution in [-0.2, 0) is 26.1 Å². The molecular formula is C18H23N7O. The highest BCUT2D eigenvalue weighted by molar-refractivity contribution is 5.30. The first-order chi connectivity index (χ1) is 12.7. The molecular weight excluding hydrogens is 330 g/mol. The average Bonchev–Trinajstić information content (AvgIpc) is 3.28. The summed E-state index contributed by atoms with van der Waals surface area (Å²) in [4.78, 5) is 2.32. The minimum absolute atomic E-state index is 0.0300. The molecule has 136 valence electrons. The van der Waals surface area contributed by atoms with Crippen LogP contribution >= 0.6 is 0 Å². The van der Waals surface area contributed by atoms with Gasteiger partial charge in [-0.2, -0.15) is 0 Å². The van der Waals surface area contributed by atoms with E-state index in [1.54, 1.807) is 0 Å². The Balaban J connectivity index is 1.62. The van der Waals surface area contributed by atoms with E-state index in [0.717, 1.165) is 38.2 Å². The van der Waals surface area contributed by atoms with E-state index in [0.29, 0.717) is 18.3 Å². The van der Waals surface area contributed by atoms with Crippen molar-refractivity contribution in [1.29, 1.82) is 0 Å². The number of aromatic nitrogens is 6. The summed E-state index contributed by atoms with van der Waals surface area (Å²) in [6.45, 7) is 6.29. The molecule has 1 unspecified atom stereocenters. The van der Waals surface area contributed by atoms with Gasteiger partial charge in [0.1, 0.15) is 0 Å². The molecule has 26 heavy (non-hydrogen) atoms. The predicted molar refractivity (Wildman–Crippen MR) is 93.9 cm³/mol. The van der Waals surface area contributed by atoms with Gasteiger partial charge in [-0.25, -0.2) is 4.68 Å². The lowest BCUT2D eigenvalue weighted by Crippen LogP contribution is -2.35. The Bertz CT molecular complexity index is 872. The summed E-state index contributed by atoms with van der Waals surface area (Å²) in [6, 6.07) is 8.55. The van der Waals surface area contributed by atoms with E-state index in [2.05, 4.69) is 61.8 Å². The van der Waals surface area contributed by atoms with E-state index in [1.165, 1.54) is 11.1 Å². The summed E-state index contributed by atoms with van der Waals surface area (Å²) in [5.41, 5.74) is 2.66. The summed E-state index contributed by atoms with van der Waals surface area (Å²) >= 11 is 0. The second-order valence-corrected chi connectivity index (χ2v) is 6.72. The molecule has 0 spiro atoms. The van der Waals surface area contributed by atoms with Gasteiger partial charge in [-0.15, -0.1) is 15.3 Å². The van der Waals surface area contributed by atoms with Gasteiger partial charge in [-0.3, -0.25) is 4.90 Å². The molecule has 1 aromatic carbocycles. The van der Waals surface area contributed by atoms with E-state index in [4.69, 9.17) is 4.42 Å². The Labute approximate surface area is 152 Å². The van der Waals surface area contributed by atoms with E-state index in [1.807, 2.05) is 11.6 Å². The van der Waals surface area contributed by atoms with Crippen molar-refractivity contribution in [2.75, 3.05) is 0 Å². The summed E-state index contributed by atoms with van der Waals surface area (Å²) in [7, 11) is 0. The molecule has 3 aromatic rings. The van der Waals surface area contributed by atoms with Crippen molar-refractivity contribution in [3.8, 4) is 0 Å². The molecule has 1 aliphatic heterocycles. The maximum atomic E-state index is 5.76. The predicted octanol–water partition coefficient (Wildman–Crippen LogP) is 2.46. The second-order valence-electron chi connectivity index (χ2n) is 6.72. The van der Waals surface area contributed by atoms with Gasteiger partial charge in [0.05, 0.1) is 12.6 Å².